The second-order valence-corrected chi connectivity index (χ2v) is 4.43. The molecule has 6 heteroatoms. The number of hydrogen-bond donors (Lipinski definition) is 2. The number of nitrogens with two attached hydrogens (primary N) is 1. The molecule has 0 saturated heterocycles. The van der Waals surface area contributed by atoms with Crippen molar-refractivity contribution in [2.75, 3.05) is 11.1 Å². The zero-order valence-corrected chi connectivity index (χ0v) is 10.8. The summed E-state index contributed by atoms with van der Waals surface area (Å²) in [6, 6.07) is 7.26. The smallest absolute Gasteiger partial charge is 0.255 e. The quantitative estimate of drug-likeness (QED) is 0.830. The number of nitrogen functional groups attached to an aromatic ring is 1. The standard InChI is InChI=1S/C13H11ClFN3O/c1-7-2-3-10(9(15)4-7)17-13(19)8-5-11(14)18-12(16)6-8/h2-6H,1H3,(H2,16,18)(H,17,19). The molecule has 0 fully saturated rings. The molecule has 2 rings (SSSR count). The molecule has 1 aromatic carbocycles. The van der Waals surface area contributed by atoms with Crippen LogP contribution in [0.5, 0.6) is 0 Å². The molecule has 0 atom stereocenters. The molecule has 0 bridgehead atoms. The van der Waals surface area contributed by atoms with Crippen LogP contribution >= 0.6 is 11.6 Å². The summed E-state index contributed by atoms with van der Waals surface area (Å²) in [4.78, 5) is 15.7. The number of benzene rings is 1. The van der Waals surface area contributed by atoms with E-state index >= 15 is 0 Å². The summed E-state index contributed by atoms with van der Waals surface area (Å²) in [5.74, 6) is -0.873. The van der Waals surface area contributed by atoms with Crippen molar-refractivity contribution in [3.8, 4) is 0 Å². The van der Waals surface area contributed by atoms with Crippen molar-refractivity contribution in [3.05, 3.63) is 52.4 Å². The average molecular weight is 280 g/mol. The third kappa shape index (κ3) is 3.20. The van der Waals surface area contributed by atoms with Gasteiger partial charge < -0.3 is 11.1 Å². The highest BCUT2D eigenvalue weighted by atomic mass is 35.5. The molecule has 0 saturated carbocycles. The molecular formula is C13H11ClFN3O. The van der Waals surface area contributed by atoms with Crippen LogP contribution in [0.3, 0.4) is 0 Å². The molecular weight excluding hydrogens is 269 g/mol. The van der Waals surface area contributed by atoms with E-state index in [4.69, 9.17) is 17.3 Å². The van der Waals surface area contributed by atoms with Crippen LogP contribution in [0.1, 0.15) is 15.9 Å². The summed E-state index contributed by atoms with van der Waals surface area (Å²) in [5.41, 5.74) is 6.58. The Hall–Kier alpha value is -2.14. The summed E-state index contributed by atoms with van der Waals surface area (Å²) in [7, 11) is 0. The number of halogens is 2. The lowest BCUT2D eigenvalue weighted by molar-refractivity contribution is 0.102. The molecule has 4 nitrogen and oxygen atoms in total. The van der Waals surface area contributed by atoms with Gasteiger partial charge in [-0.3, -0.25) is 4.79 Å². The predicted octanol–water partition coefficient (Wildman–Crippen LogP) is 3.02. The Balaban J connectivity index is 2.25. The minimum atomic E-state index is -0.501. The maximum absolute atomic E-state index is 13.6. The average Bonchev–Trinajstić information content (AvgIpc) is 2.31. The van der Waals surface area contributed by atoms with E-state index in [0.717, 1.165) is 5.56 Å². The lowest BCUT2D eigenvalue weighted by Crippen LogP contribution is -2.13. The van der Waals surface area contributed by atoms with Crippen LogP contribution in [-0.2, 0) is 0 Å². The molecule has 1 aromatic heterocycles. The highest BCUT2D eigenvalue weighted by Crippen LogP contribution is 2.18. The number of rotatable bonds is 2. The Morgan fingerprint density at radius 2 is 2.11 bits per heavy atom. The fourth-order valence-corrected chi connectivity index (χ4v) is 1.78. The fourth-order valence-electron chi connectivity index (χ4n) is 1.56. The van der Waals surface area contributed by atoms with Crippen LogP contribution in [0.25, 0.3) is 0 Å². The molecule has 1 amide bonds. The van der Waals surface area contributed by atoms with Gasteiger partial charge in [0.2, 0.25) is 0 Å². The third-order valence-corrected chi connectivity index (χ3v) is 2.64. The van der Waals surface area contributed by atoms with Crippen LogP contribution in [0.2, 0.25) is 5.15 Å². The maximum Gasteiger partial charge on any atom is 0.255 e. The highest BCUT2D eigenvalue weighted by molar-refractivity contribution is 6.30. The van der Waals surface area contributed by atoms with E-state index in [2.05, 4.69) is 10.3 Å². The van der Waals surface area contributed by atoms with Gasteiger partial charge in [0.15, 0.2) is 0 Å². The van der Waals surface area contributed by atoms with Crippen molar-refractivity contribution < 1.29 is 9.18 Å². The summed E-state index contributed by atoms with van der Waals surface area (Å²) in [6.07, 6.45) is 0. The first-order valence-electron chi connectivity index (χ1n) is 5.46. The van der Waals surface area contributed by atoms with Crippen molar-refractivity contribution in [1.29, 1.82) is 0 Å². The number of aryl methyl sites for hydroxylation is 1. The van der Waals surface area contributed by atoms with Crippen molar-refractivity contribution in [3.63, 3.8) is 0 Å². The van der Waals surface area contributed by atoms with Gasteiger partial charge in [0, 0.05) is 5.56 Å². The van der Waals surface area contributed by atoms with Crippen LogP contribution < -0.4 is 11.1 Å². The molecule has 0 unspecified atom stereocenters. The SMILES string of the molecule is Cc1ccc(NC(=O)c2cc(N)nc(Cl)c2)c(F)c1. The number of amides is 1. The highest BCUT2D eigenvalue weighted by Gasteiger charge is 2.11. The van der Waals surface area contributed by atoms with Crippen LogP contribution in [0, 0.1) is 12.7 Å². The first-order valence-corrected chi connectivity index (χ1v) is 5.84. The Labute approximate surface area is 114 Å². The van der Waals surface area contributed by atoms with Gasteiger partial charge in [0.1, 0.15) is 16.8 Å². The molecule has 0 aliphatic rings. The molecule has 2 aromatic rings. The molecule has 0 radical (unpaired) electrons. The molecule has 19 heavy (non-hydrogen) atoms. The number of carbonyl (C=O) groups excluding carboxylic acids is 1. The normalized spacial score (nSPS) is 10.3. The lowest BCUT2D eigenvalue weighted by atomic mass is 10.2. The molecule has 3 N–H and O–H groups in total. The van der Waals surface area contributed by atoms with Gasteiger partial charge in [-0.25, -0.2) is 9.37 Å². The van der Waals surface area contributed by atoms with Gasteiger partial charge >= 0.3 is 0 Å². The second-order valence-electron chi connectivity index (χ2n) is 4.04. The number of anilines is 2. The fraction of sp³-hybridized carbons (Fsp3) is 0.0769. The zero-order chi connectivity index (χ0) is 14.0. The number of hydrogen-bond acceptors (Lipinski definition) is 3. The minimum Gasteiger partial charge on any atom is -0.384 e. The summed E-state index contributed by atoms with van der Waals surface area (Å²) in [5, 5.41) is 2.56. The van der Waals surface area contributed by atoms with Crippen molar-refractivity contribution in [2.24, 2.45) is 0 Å². The summed E-state index contributed by atoms with van der Waals surface area (Å²) < 4.78 is 13.6. The Morgan fingerprint density at radius 3 is 2.74 bits per heavy atom. The van der Waals surface area contributed by atoms with Crippen molar-refractivity contribution in [1.82, 2.24) is 4.98 Å². The van der Waals surface area contributed by atoms with Crippen molar-refractivity contribution >= 4 is 29.0 Å². The van der Waals surface area contributed by atoms with Crippen LogP contribution in [0.4, 0.5) is 15.9 Å². The number of nitrogens with zero attached hydrogens (tertiary/aromatic N) is 1. The van der Waals surface area contributed by atoms with Gasteiger partial charge in [-0.15, -0.1) is 0 Å². The summed E-state index contributed by atoms with van der Waals surface area (Å²) in [6.45, 7) is 1.76. The zero-order valence-electron chi connectivity index (χ0n) is 10.1. The minimum absolute atomic E-state index is 0.0992. The van der Waals surface area contributed by atoms with Crippen molar-refractivity contribution in [2.45, 2.75) is 6.92 Å². The lowest BCUT2D eigenvalue weighted by Gasteiger charge is -2.07. The maximum atomic E-state index is 13.6. The Morgan fingerprint density at radius 1 is 1.37 bits per heavy atom. The van der Waals surface area contributed by atoms with E-state index in [1.807, 2.05) is 0 Å². The number of pyridine rings is 1. The molecule has 98 valence electrons. The van der Waals surface area contributed by atoms with Crippen LogP contribution in [0.15, 0.2) is 30.3 Å². The van der Waals surface area contributed by atoms with E-state index in [0.29, 0.717) is 0 Å². The van der Waals surface area contributed by atoms with Gasteiger partial charge in [0.25, 0.3) is 5.91 Å². The number of carbonyl (C=O) groups is 1. The van der Waals surface area contributed by atoms with E-state index in [1.54, 1.807) is 13.0 Å². The van der Waals surface area contributed by atoms with Crippen LogP contribution in [-0.4, -0.2) is 10.9 Å². The first kappa shape index (κ1) is 13.3. The number of aromatic nitrogens is 1. The molecule has 1 heterocycles. The van der Waals surface area contributed by atoms with Gasteiger partial charge in [-0.05, 0) is 36.8 Å². The van der Waals surface area contributed by atoms with Gasteiger partial charge in [-0.2, -0.15) is 0 Å². The topological polar surface area (TPSA) is 68.0 Å². The largest absolute Gasteiger partial charge is 0.384 e. The van der Waals surface area contributed by atoms with Gasteiger partial charge in [-0.1, -0.05) is 17.7 Å². The predicted molar refractivity (Wildman–Crippen MR) is 72.7 cm³/mol. The molecule has 0 spiro atoms. The van der Waals surface area contributed by atoms with E-state index < -0.39 is 11.7 Å². The van der Waals surface area contributed by atoms with E-state index in [-0.39, 0.29) is 22.2 Å². The summed E-state index contributed by atoms with van der Waals surface area (Å²) >= 11 is 5.70. The number of nitrogens with one attached hydrogen (secondary N) is 1. The molecule has 0 aliphatic heterocycles. The first-order chi connectivity index (χ1) is 8.95. The molecule has 0 aliphatic carbocycles. The van der Waals surface area contributed by atoms with Gasteiger partial charge in [0.05, 0.1) is 5.69 Å². The van der Waals surface area contributed by atoms with E-state index in [1.165, 1.54) is 24.3 Å². The second kappa shape index (κ2) is 5.24. The Bertz CT molecular complexity index is 626. The van der Waals surface area contributed by atoms with E-state index in [9.17, 15) is 9.18 Å². The Kier molecular flexibility index (Phi) is 3.66. The monoisotopic (exact) mass is 279 g/mol. The third-order valence-electron chi connectivity index (χ3n) is 2.45.